The monoisotopic (exact) mass is 297 g/mol. The molecule has 0 aliphatic heterocycles. The molecular formula is C11H9Cl2N5O. The minimum absolute atomic E-state index is 0.114. The Morgan fingerprint density at radius 1 is 1.42 bits per heavy atom. The SMILES string of the molecule is O=C(Nc1nn[nH]n1)[C@@H]1C[C@H]1c1ccc(Cl)cc1Cl. The van der Waals surface area contributed by atoms with Crippen molar-refractivity contribution in [2.24, 2.45) is 5.92 Å². The molecule has 1 aliphatic rings. The second kappa shape index (κ2) is 4.79. The van der Waals surface area contributed by atoms with Crippen LogP contribution in [-0.4, -0.2) is 26.5 Å². The van der Waals surface area contributed by atoms with Crippen molar-refractivity contribution in [3.8, 4) is 0 Å². The largest absolute Gasteiger partial charge is 0.292 e. The number of halogens is 2. The molecule has 1 aromatic heterocycles. The number of hydrogen-bond acceptors (Lipinski definition) is 4. The molecule has 1 heterocycles. The zero-order chi connectivity index (χ0) is 13.4. The molecule has 0 radical (unpaired) electrons. The first-order chi connectivity index (χ1) is 9.15. The second-order valence-electron chi connectivity index (χ2n) is 4.34. The van der Waals surface area contributed by atoms with Gasteiger partial charge in [0.1, 0.15) is 0 Å². The third-order valence-corrected chi connectivity index (χ3v) is 3.63. The molecule has 0 unspecified atom stereocenters. The lowest BCUT2D eigenvalue weighted by Crippen LogP contribution is -2.15. The number of aromatic amines is 1. The lowest BCUT2D eigenvalue weighted by molar-refractivity contribution is -0.117. The first kappa shape index (κ1) is 12.4. The van der Waals surface area contributed by atoms with E-state index in [-0.39, 0.29) is 23.7 Å². The molecule has 2 aromatic rings. The Balaban J connectivity index is 1.69. The Bertz CT molecular complexity index is 616. The fourth-order valence-corrected chi connectivity index (χ4v) is 2.60. The van der Waals surface area contributed by atoms with Crippen molar-refractivity contribution in [1.82, 2.24) is 20.6 Å². The zero-order valence-corrected chi connectivity index (χ0v) is 11.1. The van der Waals surface area contributed by atoms with Gasteiger partial charge in [-0.1, -0.05) is 34.4 Å². The molecule has 19 heavy (non-hydrogen) atoms. The predicted molar refractivity (Wildman–Crippen MR) is 70.1 cm³/mol. The first-order valence-corrected chi connectivity index (χ1v) is 6.40. The lowest BCUT2D eigenvalue weighted by atomic mass is 10.1. The molecule has 1 amide bonds. The molecule has 1 fully saturated rings. The maximum atomic E-state index is 11.9. The Morgan fingerprint density at radius 2 is 2.26 bits per heavy atom. The number of carbonyl (C=O) groups is 1. The number of nitrogens with one attached hydrogen (secondary N) is 2. The average molecular weight is 298 g/mol. The molecule has 0 spiro atoms. The summed E-state index contributed by atoms with van der Waals surface area (Å²) in [4.78, 5) is 11.9. The maximum absolute atomic E-state index is 11.9. The molecule has 6 nitrogen and oxygen atoms in total. The van der Waals surface area contributed by atoms with Gasteiger partial charge in [0.2, 0.25) is 5.91 Å². The van der Waals surface area contributed by atoms with Crippen molar-refractivity contribution in [1.29, 1.82) is 0 Å². The molecule has 8 heteroatoms. The second-order valence-corrected chi connectivity index (χ2v) is 5.18. The normalized spacial score (nSPS) is 21.2. The number of hydrogen-bond donors (Lipinski definition) is 2. The standard InChI is InChI=1S/C11H9Cl2N5O/c12-5-1-2-6(9(13)3-5)7-4-8(7)10(19)14-11-15-17-18-16-11/h1-3,7-8H,4H2,(H2,14,15,16,17,18,19)/t7-,8+/m0/s1. The van der Waals surface area contributed by atoms with Gasteiger partial charge in [0, 0.05) is 16.0 Å². The number of aromatic nitrogens is 4. The number of tetrazole rings is 1. The number of benzene rings is 1. The molecule has 2 N–H and O–H groups in total. The van der Waals surface area contributed by atoms with E-state index in [0.29, 0.717) is 10.0 Å². The average Bonchev–Trinajstić information content (AvgIpc) is 2.99. The summed E-state index contributed by atoms with van der Waals surface area (Å²) in [6, 6.07) is 5.32. The van der Waals surface area contributed by atoms with Crippen molar-refractivity contribution >= 4 is 35.1 Å². The van der Waals surface area contributed by atoms with Gasteiger partial charge in [-0.15, -0.1) is 5.10 Å². The number of anilines is 1. The lowest BCUT2D eigenvalue weighted by Gasteiger charge is -2.04. The van der Waals surface area contributed by atoms with Gasteiger partial charge in [-0.05, 0) is 35.2 Å². The zero-order valence-electron chi connectivity index (χ0n) is 9.60. The summed E-state index contributed by atoms with van der Waals surface area (Å²) < 4.78 is 0. The van der Waals surface area contributed by atoms with E-state index < -0.39 is 0 Å². The van der Waals surface area contributed by atoms with Crippen molar-refractivity contribution < 1.29 is 4.79 Å². The number of H-pyrrole nitrogens is 1. The molecule has 2 atom stereocenters. The van der Waals surface area contributed by atoms with Crippen LogP contribution < -0.4 is 5.32 Å². The number of amides is 1. The van der Waals surface area contributed by atoms with Gasteiger partial charge in [0.05, 0.1) is 0 Å². The molecule has 0 bridgehead atoms. The molecular weight excluding hydrogens is 289 g/mol. The Kier molecular flexibility index (Phi) is 3.12. The van der Waals surface area contributed by atoms with Crippen molar-refractivity contribution in [3.63, 3.8) is 0 Å². The van der Waals surface area contributed by atoms with E-state index in [1.54, 1.807) is 12.1 Å². The highest BCUT2D eigenvalue weighted by Crippen LogP contribution is 2.50. The Morgan fingerprint density at radius 3 is 2.95 bits per heavy atom. The summed E-state index contributed by atoms with van der Waals surface area (Å²) >= 11 is 12.0. The van der Waals surface area contributed by atoms with Gasteiger partial charge in [-0.2, -0.15) is 5.21 Å². The van der Waals surface area contributed by atoms with E-state index in [2.05, 4.69) is 25.9 Å². The van der Waals surface area contributed by atoms with E-state index in [4.69, 9.17) is 23.2 Å². The van der Waals surface area contributed by atoms with Gasteiger partial charge in [-0.3, -0.25) is 10.1 Å². The minimum atomic E-state index is -0.127. The van der Waals surface area contributed by atoms with Crippen LogP contribution in [0.2, 0.25) is 10.0 Å². The van der Waals surface area contributed by atoms with Gasteiger partial charge < -0.3 is 0 Å². The Hall–Kier alpha value is -1.66. The smallest absolute Gasteiger partial charge is 0.269 e. The van der Waals surface area contributed by atoms with Crippen LogP contribution in [0.1, 0.15) is 17.9 Å². The molecule has 1 aromatic carbocycles. The van der Waals surface area contributed by atoms with Gasteiger partial charge >= 0.3 is 0 Å². The summed E-state index contributed by atoms with van der Waals surface area (Å²) in [6.07, 6.45) is 0.755. The van der Waals surface area contributed by atoms with E-state index >= 15 is 0 Å². The van der Waals surface area contributed by atoms with Crippen LogP contribution in [0.5, 0.6) is 0 Å². The summed E-state index contributed by atoms with van der Waals surface area (Å²) in [7, 11) is 0. The fourth-order valence-electron chi connectivity index (χ4n) is 2.05. The number of carbonyl (C=O) groups excluding carboxylic acids is 1. The third-order valence-electron chi connectivity index (χ3n) is 3.07. The summed E-state index contributed by atoms with van der Waals surface area (Å²) in [5.41, 5.74) is 0.944. The van der Waals surface area contributed by atoms with Crippen LogP contribution in [0.3, 0.4) is 0 Å². The van der Waals surface area contributed by atoms with Gasteiger partial charge in [-0.25, -0.2) is 0 Å². The molecule has 3 rings (SSSR count). The van der Waals surface area contributed by atoms with Crippen LogP contribution >= 0.6 is 23.2 Å². The Labute approximate surface area is 118 Å². The van der Waals surface area contributed by atoms with Crippen LogP contribution in [0.25, 0.3) is 0 Å². The third kappa shape index (κ3) is 2.54. The highest BCUT2D eigenvalue weighted by Gasteiger charge is 2.45. The van der Waals surface area contributed by atoms with Gasteiger partial charge in [0.15, 0.2) is 0 Å². The molecule has 1 saturated carbocycles. The maximum Gasteiger partial charge on any atom is 0.269 e. The first-order valence-electron chi connectivity index (χ1n) is 5.64. The number of nitrogens with zero attached hydrogens (tertiary/aromatic N) is 3. The topological polar surface area (TPSA) is 83.6 Å². The molecule has 98 valence electrons. The van der Waals surface area contributed by atoms with Crippen molar-refractivity contribution in [3.05, 3.63) is 33.8 Å². The van der Waals surface area contributed by atoms with Crippen LogP contribution in [0.4, 0.5) is 5.95 Å². The van der Waals surface area contributed by atoms with Crippen LogP contribution in [0, 0.1) is 5.92 Å². The van der Waals surface area contributed by atoms with E-state index in [1.165, 1.54) is 0 Å². The van der Waals surface area contributed by atoms with Crippen molar-refractivity contribution in [2.75, 3.05) is 5.32 Å². The van der Waals surface area contributed by atoms with Crippen LogP contribution in [-0.2, 0) is 4.79 Å². The van der Waals surface area contributed by atoms with E-state index in [0.717, 1.165) is 12.0 Å². The highest BCUT2D eigenvalue weighted by molar-refractivity contribution is 6.35. The summed E-state index contributed by atoms with van der Waals surface area (Å²) in [5.74, 6) is 0.0594. The quantitative estimate of drug-likeness (QED) is 0.910. The van der Waals surface area contributed by atoms with Crippen molar-refractivity contribution in [2.45, 2.75) is 12.3 Å². The number of rotatable bonds is 3. The highest BCUT2D eigenvalue weighted by atomic mass is 35.5. The molecule has 0 saturated heterocycles. The van der Waals surface area contributed by atoms with E-state index in [1.807, 2.05) is 6.07 Å². The molecule has 1 aliphatic carbocycles. The van der Waals surface area contributed by atoms with Crippen LogP contribution in [0.15, 0.2) is 18.2 Å². The van der Waals surface area contributed by atoms with E-state index in [9.17, 15) is 4.79 Å². The minimum Gasteiger partial charge on any atom is -0.292 e. The summed E-state index contributed by atoms with van der Waals surface area (Å²) in [6.45, 7) is 0. The predicted octanol–water partition coefficient (Wildman–Crippen LogP) is 2.25. The summed E-state index contributed by atoms with van der Waals surface area (Å²) in [5, 5.41) is 16.7. The fraction of sp³-hybridized carbons (Fsp3) is 0.273. The van der Waals surface area contributed by atoms with Gasteiger partial charge in [0.25, 0.3) is 5.95 Å².